The lowest BCUT2D eigenvalue weighted by Gasteiger charge is -2.20. The van der Waals surface area contributed by atoms with E-state index in [0.717, 1.165) is 27.9 Å². The SMILES string of the molecule is CCP(c1cc(C)ccc1O)c1cc(C)ccc1O. The van der Waals surface area contributed by atoms with Crippen LogP contribution in [0.2, 0.25) is 0 Å². The van der Waals surface area contributed by atoms with E-state index in [1.54, 1.807) is 12.1 Å². The highest BCUT2D eigenvalue weighted by molar-refractivity contribution is 7.73. The molecule has 0 spiro atoms. The fraction of sp³-hybridized carbons (Fsp3) is 0.250. The quantitative estimate of drug-likeness (QED) is 0.844. The third-order valence-corrected chi connectivity index (χ3v) is 5.67. The van der Waals surface area contributed by atoms with Crippen LogP contribution >= 0.6 is 7.92 Å². The van der Waals surface area contributed by atoms with Crippen molar-refractivity contribution in [1.29, 1.82) is 0 Å². The van der Waals surface area contributed by atoms with Gasteiger partial charge in [-0.1, -0.05) is 30.2 Å². The number of rotatable bonds is 3. The van der Waals surface area contributed by atoms with Gasteiger partial charge in [-0.3, -0.25) is 0 Å². The summed E-state index contributed by atoms with van der Waals surface area (Å²) >= 11 is 0. The zero-order valence-corrected chi connectivity index (χ0v) is 12.4. The molecular formula is C16H19O2P. The lowest BCUT2D eigenvalue weighted by atomic mass is 10.2. The molecule has 0 fully saturated rings. The molecule has 2 rings (SSSR count). The summed E-state index contributed by atoms with van der Waals surface area (Å²) in [6.45, 7) is 6.12. The maximum Gasteiger partial charge on any atom is 0.123 e. The van der Waals surface area contributed by atoms with Crippen LogP contribution < -0.4 is 10.6 Å². The molecule has 100 valence electrons. The highest BCUT2D eigenvalue weighted by atomic mass is 31.1. The maximum absolute atomic E-state index is 10.1. The Hall–Kier alpha value is -1.53. The molecule has 0 unspecified atom stereocenters. The minimum atomic E-state index is -0.723. The number of hydrogen-bond acceptors (Lipinski definition) is 2. The molecule has 0 aliphatic heterocycles. The van der Waals surface area contributed by atoms with Gasteiger partial charge in [0.1, 0.15) is 11.5 Å². The van der Waals surface area contributed by atoms with Crippen LogP contribution in [0.4, 0.5) is 0 Å². The number of phenols is 2. The molecule has 2 nitrogen and oxygen atoms in total. The van der Waals surface area contributed by atoms with Crippen molar-refractivity contribution in [2.45, 2.75) is 20.8 Å². The third kappa shape index (κ3) is 2.90. The second kappa shape index (κ2) is 5.63. The second-order valence-corrected chi connectivity index (χ2v) is 7.18. The van der Waals surface area contributed by atoms with Crippen LogP contribution in [-0.4, -0.2) is 16.4 Å². The molecule has 2 aromatic carbocycles. The molecule has 2 aromatic rings. The van der Waals surface area contributed by atoms with Gasteiger partial charge in [0.15, 0.2) is 0 Å². The zero-order chi connectivity index (χ0) is 14.0. The van der Waals surface area contributed by atoms with E-state index in [9.17, 15) is 10.2 Å². The third-order valence-electron chi connectivity index (χ3n) is 3.16. The highest BCUT2D eigenvalue weighted by Gasteiger charge is 2.18. The molecule has 0 aliphatic carbocycles. The van der Waals surface area contributed by atoms with Crippen molar-refractivity contribution >= 4 is 18.5 Å². The fourth-order valence-electron chi connectivity index (χ4n) is 2.17. The first-order valence-corrected chi connectivity index (χ1v) is 7.92. The van der Waals surface area contributed by atoms with Crippen LogP contribution in [-0.2, 0) is 0 Å². The average molecular weight is 274 g/mol. The van der Waals surface area contributed by atoms with Crippen LogP contribution in [0.25, 0.3) is 0 Å². The van der Waals surface area contributed by atoms with Gasteiger partial charge in [-0.2, -0.15) is 0 Å². The monoisotopic (exact) mass is 274 g/mol. The first-order valence-electron chi connectivity index (χ1n) is 6.39. The van der Waals surface area contributed by atoms with Gasteiger partial charge in [0.2, 0.25) is 0 Å². The van der Waals surface area contributed by atoms with Crippen LogP contribution in [0.5, 0.6) is 11.5 Å². The molecule has 0 saturated heterocycles. The Bertz CT molecular complexity index is 542. The predicted octanol–water partition coefficient (Wildman–Crippen LogP) is 3.17. The number of phenolic OH excluding ortho intramolecular Hbond substituents is 2. The highest BCUT2D eigenvalue weighted by Crippen LogP contribution is 2.39. The summed E-state index contributed by atoms with van der Waals surface area (Å²) in [5.41, 5.74) is 2.25. The van der Waals surface area contributed by atoms with E-state index >= 15 is 0 Å². The second-order valence-electron chi connectivity index (χ2n) is 4.73. The zero-order valence-electron chi connectivity index (χ0n) is 11.5. The van der Waals surface area contributed by atoms with Crippen LogP contribution in [0.15, 0.2) is 36.4 Å². The first kappa shape index (κ1) is 13.9. The van der Waals surface area contributed by atoms with E-state index in [0.29, 0.717) is 11.5 Å². The largest absolute Gasteiger partial charge is 0.507 e. The van der Waals surface area contributed by atoms with Crippen molar-refractivity contribution in [3.05, 3.63) is 47.5 Å². The molecule has 0 bridgehead atoms. The summed E-state index contributed by atoms with van der Waals surface area (Å²) in [5, 5.41) is 22.1. The smallest absolute Gasteiger partial charge is 0.123 e. The molecule has 0 heterocycles. The Kier molecular flexibility index (Phi) is 4.11. The van der Waals surface area contributed by atoms with Crippen molar-refractivity contribution in [2.24, 2.45) is 0 Å². The lowest BCUT2D eigenvalue weighted by molar-refractivity contribution is 0.479. The molecular weight excluding hydrogens is 255 g/mol. The molecule has 19 heavy (non-hydrogen) atoms. The van der Waals surface area contributed by atoms with Gasteiger partial charge in [0, 0.05) is 10.6 Å². The van der Waals surface area contributed by atoms with Gasteiger partial charge >= 0.3 is 0 Å². The van der Waals surface area contributed by atoms with E-state index in [1.807, 2.05) is 38.1 Å². The maximum atomic E-state index is 10.1. The molecule has 0 aromatic heterocycles. The molecule has 0 radical (unpaired) electrons. The first-order chi connectivity index (χ1) is 9.02. The van der Waals surface area contributed by atoms with Gasteiger partial charge < -0.3 is 10.2 Å². The van der Waals surface area contributed by atoms with Crippen molar-refractivity contribution in [3.63, 3.8) is 0 Å². The van der Waals surface area contributed by atoms with Gasteiger partial charge in [-0.05, 0) is 52.2 Å². The summed E-state index contributed by atoms with van der Waals surface area (Å²) in [6, 6.07) is 11.3. The molecule has 2 N–H and O–H groups in total. The molecule has 3 heteroatoms. The Morgan fingerprint density at radius 2 is 1.26 bits per heavy atom. The number of aryl methyl sites for hydroxylation is 2. The van der Waals surface area contributed by atoms with E-state index < -0.39 is 7.92 Å². The van der Waals surface area contributed by atoms with Gasteiger partial charge in [0.25, 0.3) is 0 Å². The number of aromatic hydroxyl groups is 2. The molecule has 0 amide bonds. The van der Waals surface area contributed by atoms with Crippen LogP contribution in [0.3, 0.4) is 0 Å². The Balaban J connectivity index is 2.55. The Morgan fingerprint density at radius 3 is 1.63 bits per heavy atom. The normalized spacial score (nSPS) is 10.9. The van der Waals surface area contributed by atoms with E-state index in [4.69, 9.17) is 0 Å². The minimum absolute atomic E-state index is 0.319. The minimum Gasteiger partial charge on any atom is -0.507 e. The number of hydrogen-bond donors (Lipinski definition) is 2. The topological polar surface area (TPSA) is 40.5 Å². The van der Waals surface area contributed by atoms with Gasteiger partial charge in [0.05, 0.1) is 0 Å². The van der Waals surface area contributed by atoms with E-state index in [-0.39, 0.29) is 0 Å². The summed E-state index contributed by atoms with van der Waals surface area (Å²) in [4.78, 5) is 0. The number of benzene rings is 2. The Morgan fingerprint density at radius 1 is 0.842 bits per heavy atom. The predicted molar refractivity (Wildman–Crippen MR) is 82.4 cm³/mol. The van der Waals surface area contributed by atoms with Crippen molar-refractivity contribution in [1.82, 2.24) is 0 Å². The van der Waals surface area contributed by atoms with E-state index in [2.05, 4.69) is 6.92 Å². The van der Waals surface area contributed by atoms with Gasteiger partial charge in [-0.25, -0.2) is 0 Å². The molecule has 0 aliphatic rings. The average Bonchev–Trinajstić information content (AvgIpc) is 2.38. The summed E-state index contributed by atoms with van der Waals surface area (Å²) in [5.74, 6) is 0.638. The van der Waals surface area contributed by atoms with Crippen molar-refractivity contribution < 1.29 is 10.2 Å². The fourth-order valence-corrected chi connectivity index (χ4v) is 4.53. The van der Waals surface area contributed by atoms with Crippen LogP contribution in [0, 0.1) is 13.8 Å². The van der Waals surface area contributed by atoms with Crippen molar-refractivity contribution in [3.8, 4) is 11.5 Å². The van der Waals surface area contributed by atoms with Crippen LogP contribution in [0.1, 0.15) is 18.1 Å². The Labute approximate surface area is 115 Å². The van der Waals surface area contributed by atoms with Gasteiger partial charge in [-0.15, -0.1) is 0 Å². The molecule has 0 saturated carbocycles. The summed E-state index contributed by atoms with van der Waals surface area (Å²) in [7, 11) is -0.723. The summed E-state index contributed by atoms with van der Waals surface area (Å²) in [6.07, 6.45) is 0.892. The lowest BCUT2D eigenvalue weighted by Crippen LogP contribution is -2.15. The summed E-state index contributed by atoms with van der Waals surface area (Å²) < 4.78 is 0. The van der Waals surface area contributed by atoms with Crippen molar-refractivity contribution in [2.75, 3.05) is 6.16 Å². The van der Waals surface area contributed by atoms with E-state index in [1.165, 1.54) is 0 Å². The molecule has 0 atom stereocenters. The standard InChI is InChI=1S/C16H19O2P/c1-4-19(15-9-11(2)5-7-13(15)17)16-10-12(3)6-8-14(16)18/h5-10,17-18H,4H2,1-3H3.